The number of fused-ring (bicyclic) bond motifs is 4. The molecule has 1 aliphatic carbocycles. The van der Waals surface area contributed by atoms with E-state index in [4.69, 9.17) is 5.73 Å². The van der Waals surface area contributed by atoms with Crippen molar-refractivity contribution >= 4 is 115 Å². The lowest BCUT2D eigenvalue weighted by atomic mass is 9.75. The number of primary amides is 1. The fourth-order valence-corrected chi connectivity index (χ4v) is 15.9. The van der Waals surface area contributed by atoms with Crippen molar-refractivity contribution in [2.24, 2.45) is 17.1 Å². The predicted octanol–water partition coefficient (Wildman–Crippen LogP) is -0.148. The van der Waals surface area contributed by atoms with Crippen LogP contribution in [0.5, 0.6) is 11.5 Å². The zero-order valence-electron chi connectivity index (χ0n) is 64.1. The van der Waals surface area contributed by atoms with E-state index in [1.807, 2.05) is 6.07 Å². The molecule has 8 rings (SSSR count). The van der Waals surface area contributed by atoms with E-state index in [0.29, 0.717) is 34.1 Å². The summed E-state index contributed by atoms with van der Waals surface area (Å²) in [7, 11) is -4.09. The van der Waals surface area contributed by atoms with Crippen LogP contribution in [0.25, 0.3) is 11.0 Å². The highest BCUT2D eigenvalue weighted by atomic mass is 32.2. The van der Waals surface area contributed by atoms with Crippen LogP contribution in [-0.2, 0) is 98.3 Å². The molecule has 3 aliphatic rings. The molecule has 1 spiro atoms. The smallest absolute Gasteiger partial charge is 0.246 e. The first-order chi connectivity index (χ1) is 52.6. The number of nitrogens with two attached hydrogens (primary N) is 1. The number of aromatic hydroxyl groups is 2. The van der Waals surface area contributed by atoms with E-state index in [0.717, 1.165) is 17.4 Å². The lowest BCUT2D eigenvalue weighted by Crippen LogP contribution is -2.68. The maximum absolute atomic E-state index is 15.2. The van der Waals surface area contributed by atoms with E-state index in [1.54, 1.807) is 71.1 Å². The SMILES string of the molecule is CC(C)[C@]1(C)NC(=O)[C@H](Cc2ccc(O)cc2)NC(=O)[C@H](C)NC(=O)C2(CCC2)NC(=O)[C@H](Cc2c[nH]c3ncccc23)NC(=O)[C@H]([C@@H](C)O)NC(=O)[C@@H]2CCCN2C(=O)[C@H](Cc2ccc(O)cc2)NC(=O)[C@H](C(C)(C)C)NC(=O)[C@@H](NS(C)(=O)=O)CSCc2cccc(c2)CSC[C@H](C(N)=O)NC(=O)[C@H]([C@@H](C)O)NC1=O. The van der Waals surface area contributed by atoms with Crippen molar-refractivity contribution in [2.45, 2.75) is 209 Å². The van der Waals surface area contributed by atoms with Crippen molar-refractivity contribution in [3.8, 4) is 11.5 Å². The first-order valence-electron chi connectivity index (χ1n) is 36.9. The van der Waals surface area contributed by atoms with Crippen LogP contribution < -0.4 is 63.6 Å². The van der Waals surface area contributed by atoms with Gasteiger partial charge in [0.15, 0.2) is 0 Å². The Kier molecular flexibility index (Phi) is 29.8. The number of carbonyl (C=O) groups excluding carboxylic acids is 12. The molecule has 12 amide bonds. The van der Waals surface area contributed by atoms with E-state index in [2.05, 4.69) is 67.9 Å². The topological polar surface area (TPSA) is 510 Å². The van der Waals surface area contributed by atoms with Crippen molar-refractivity contribution in [2.75, 3.05) is 24.3 Å². The summed E-state index contributed by atoms with van der Waals surface area (Å²) >= 11 is 2.38. The number of carbonyl (C=O) groups is 12. The van der Waals surface area contributed by atoms with Gasteiger partial charge in [-0.3, -0.25) is 57.5 Å². The Morgan fingerprint density at radius 1 is 0.643 bits per heavy atom. The number of benzene rings is 3. The number of sulfonamides is 1. The Morgan fingerprint density at radius 3 is 1.76 bits per heavy atom. The molecule has 1 saturated heterocycles. The number of thioether (sulfide) groups is 2. The van der Waals surface area contributed by atoms with E-state index in [-0.39, 0.29) is 86.0 Å². The van der Waals surface area contributed by atoms with Crippen molar-refractivity contribution < 1.29 is 86.4 Å². The van der Waals surface area contributed by atoms with Crippen molar-refractivity contribution in [1.82, 2.24) is 72.8 Å². The van der Waals surface area contributed by atoms with Gasteiger partial charge in [-0.15, -0.1) is 0 Å². The van der Waals surface area contributed by atoms with Crippen LogP contribution in [0.2, 0.25) is 0 Å². The van der Waals surface area contributed by atoms with Crippen molar-refractivity contribution in [3.05, 3.63) is 125 Å². The summed E-state index contributed by atoms with van der Waals surface area (Å²) in [4.78, 5) is 183. The zero-order valence-corrected chi connectivity index (χ0v) is 66.6. The molecular formula is C76H103N15O18S3. The first kappa shape index (κ1) is 87.7. The highest BCUT2D eigenvalue weighted by molar-refractivity contribution is 7.98. The Bertz CT molecular complexity index is 4380. The molecule has 3 aromatic carbocycles. The predicted molar refractivity (Wildman–Crippen MR) is 418 cm³/mol. The van der Waals surface area contributed by atoms with Gasteiger partial charge in [0.1, 0.15) is 88.6 Å². The van der Waals surface area contributed by atoms with Crippen LogP contribution >= 0.6 is 23.5 Å². The fourth-order valence-electron chi connectivity index (χ4n) is 13.1. The minimum absolute atomic E-state index is 0.0349. The molecule has 1 saturated carbocycles. The number of phenols is 2. The third-order valence-electron chi connectivity index (χ3n) is 20.1. The van der Waals surface area contributed by atoms with Crippen LogP contribution in [0, 0.1) is 11.3 Å². The molecule has 2 fully saturated rings. The maximum atomic E-state index is 15.2. The number of aliphatic hydroxyl groups excluding tert-OH is 2. The average molecular weight is 1610 g/mol. The number of aliphatic hydroxyl groups is 2. The molecule has 112 heavy (non-hydrogen) atoms. The summed E-state index contributed by atoms with van der Waals surface area (Å²) in [6.45, 7) is 13.2. The number of hydrogen-bond acceptors (Lipinski definition) is 21. The van der Waals surface area contributed by atoms with Crippen LogP contribution in [0.3, 0.4) is 0 Å². The molecular weight excluding hydrogens is 1510 g/mol. The van der Waals surface area contributed by atoms with Gasteiger partial charge in [0.05, 0.1) is 18.5 Å². The number of amides is 12. The maximum Gasteiger partial charge on any atom is 0.246 e. The van der Waals surface area contributed by atoms with Crippen LogP contribution in [0.1, 0.15) is 122 Å². The number of nitrogens with zero attached hydrogens (tertiary/aromatic N) is 2. The normalized spacial score (nSPS) is 26.1. The van der Waals surface area contributed by atoms with Gasteiger partial charge in [-0.1, -0.05) is 83.1 Å². The van der Waals surface area contributed by atoms with Gasteiger partial charge in [-0.25, -0.2) is 18.1 Å². The number of nitrogens with one attached hydrogen (secondary N) is 12. The van der Waals surface area contributed by atoms with Crippen LogP contribution in [0.15, 0.2) is 97.3 Å². The van der Waals surface area contributed by atoms with Gasteiger partial charge in [0.25, 0.3) is 0 Å². The van der Waals surface area contributed by atoms with Crippen molar-refractivity contribution in [3.63, 3.8) is 0 Å². The second-order valence-corrected chi connectivity index (χ2v) is 34.3. The number of hydrogen-bond donors (Lipinski definition) is 17. The average Bonchev–Trinajstić information content (AvgIpc) is 1.80. The standard InChI is InChI=1S/C76H103N15O18S3/c1-40(2)75(9)72(106)86-59(43(5)93)69(103)84-55(61(77)96)38-110-36-46-15-11-16-47(31-46)37-111-39-56(90-112(10,108)109)64(98)87-60(74(6,7)8)70(104)83-54(33-45-21-25-50(95)26-22-45)71(105)91-30-13-18-57(91)67(101)85-58(42(4)92)68(102)82-53(34-48-35-79-62-51(48)17-12-29-78-62)66(100)89-76(27-14-28-76)73(107)80-41(3)63(97)81-52(65(99)88-75)32-44-19-23-49(94)24-20-44/h11-12,15-17,19-26,29,31,35,40-43,52-60,90,92-95H,13-14,18,27-28,30,32-34,36-39H2,1-10H3,(H2,77,96)(H,78,79)(H,80,107)(H,81,97)(H,82,102)(H,83,104)(H,84,103)(H,85,101)(H,86,106)(H,87,98)(H,88,99)(H,89,100)/t41-,42+,43+,52-,53-,54-,55+,56-,57-,58-,59-,60+,75-/m0/s1. The van der Waals surface area contributed by atoms with Crippen LogP contribution in [-0.4, -0.2) is 223 Å². The van der Waals surface area contributed by atoms with Gasteiger partial charge in [0.2, 0.25) is 80.9 Å². The number of aromatic nitrogens is 2. The summed E-state index contributed by atoms with van der Waals surface area (Å²) in [5.41, 5.74) is 4.31. The van der Waals surface area contributed by atoms with Gasteiger partial charge in [-0.05, 0) is 135 Å². The third-order valence-corrected chi connectivity index (χ3v) is 23.1. The van der Waals surface area contributed by atoms with Crippen molar-refractivity contribution in [1.29, 1.82) is 0 Å². The van der Waals surface area contributed by atoms with Gasteiger partial charge in [-0.2, -0.15) is 23.5 Å². The Labute approximate surface area is 658 Å². The number of aromatic amines is 1. The minimum atomic E-state index is -4.09. The van der Waals surface area contributed by atoms with Gasteiger partial charge < -0.3 is 89.2 Å². The minimum Gasteiger partial charge on any atom is -0.508 e. The third kappa shape index (κ3) is 23.4. The van der Waals surface area contributed by atoms with E-state index in [1.165, 1.54) is 111 Å². The number of phenolic OH excluding ortho intramolecular Hbond substituents is 2. The molecule has 33 nitrogen and oxygen atoms in total. The molecule has 5 aromatic rings. The Balaban J connectivity index is 1.13. The second kappa shape index (κ2) is 38.1. The summed E-state index contributed by atoms with van der Waals surface area (Å²) < 4.78 is 28.2. The molecule has 2 bridgehead atoms. The van der Waals surface area contributed by atoms with Gasteiger partial charge in [0, 0.05) is 66.6 Å². The van der Waals surface area contributed by atoms with E-state index >= 15 is 9.59 Å². The highest BCUT2D eigenvalue weighted by Gasteiger charge is 2.49. The Morgan fingerprint density at radius 2 is 1.20 bits per heavy atom. The number of rotatable bonds is 12. The van der Waals surface area contributed by atoms with E-state index < -0.39 is 176 Å². The summed E-state index contributed by atoms with van der Waals surface area (Å²) in [6, 6.07) is 6.83. The summed E-state index contributed by atoms with van der Waals surface area (Å²) in [5, 5.41) is 70.0. The molecule has 0 radical (unpaired) electrons. The molecule has 4 heterocycles. The van der Waals surface area contributed by atoms with Gasteiger partial charge >= 0.3 is 0 Å². The molecule has 2 aliphatic heterocycles. The summed E-state index contributed by atoms with van der Waals surface area (Å²) in [5.74, 6) is -11.8. The highest BCUT2D eigenvalue weighted by Crippen LogP contribution is 2.33. The monoisotopic (exact) mass is 1610 g/mol. The molecule has 0 unspecified atom stereocenters. The molecule has 36 heteroatoms. The Hall–Kier alpha value is -9.88. The molecule has 2 aromatic heterocycles. The lowest BCUT2D eigenvalue weighted by molar-refractivity contribution is -0.143. The van der Waals surface area contributed by atoms with E-state index in [9.17, 15) is 76.8 Å². The summed E-state index contributed by atoms with van der Waals surface area (Å²) in [6.07, 6.45) is 0.731. The zero-order chi connectivity index (χ0) is 82.3. The number of H-pyrrole nitrogens is 1. The molecule has 13 atom stereocenters. The van der Waals surface area contributed by atoms with Crippen LogP contribution in [0.4, 0.5) is 0 Å². The quantitative estimate of drug-likeness (QED) is 0.0772. The lowest BCUT2D eigenvalue weighted by Gasteiger charge is -2.42. The number of pyridine rings is 1. The molecule has 608 valence electrons. The molecule has 18 N–H and O–H groups in total. The second-order valence-electron chi connectivity index (χ2n) is 30.5. The first-order valence-corrected chi connectivity index (χ1v) is 41.1. The largest absolute Gasteiger partial charge is 0.508 e. The fraction of sp³-hybridized carbons (Fsp3) is 0.513.